The van der Waals surface area contributed by atoms with Crippen LogP contribution in [0.2, 0.25) is 0 Å². The monoisotopic (exact) mass is 444 g/mol. The summed E-state index contributed by atoms with van der Waals surface area (Å²) in [6.45, 7) is 17.1. The molecule has 3 heterocycles. The number of pyridine rings is 2. The largest absolute Gasteiger partial charge is 0.384 e. The van der Waals surface area contributed by atoms with Crippen molar-refractivity contribution in [2.24, 2.45) is 0 Å². The number of hydrogen-bond donors (Lipinski definition) is 2. The molecule has 0 aliphatic carbocycles. The number of rotatable bonds is 10. The maximum absolute atomic E-state index is 4.92. The van der Waals surface area contributed by atoms with Gasteiger partial charge < -0.3 is 20.4 Å². The lowest BCUT2D eigenvalue weighted by atomic mass is 10.0. The highest BCUT2D eigenvalue weighted by atomic mass is 15.2. The van der Waals surface area contributed by atoms with Crippen molar-refractivity contribution >= 4 is 22.3 Å². The molecular formula is C27H36N6. The molecule has 2 N–H and O–H groups in total. The van der Waals surface area contributed by atoms with E-state index in [2.05, 4.69) is 76.2 Å². The van der Waals surface area contributed by atoms with Gasteiger partial charge in [-0.25, -0.2) is 4.98 Å². The van der Waals surface area contributed by atoms with Gasteiger partial charge >= 0.3 is 0 Å². The highest BCUT2D eigenvalue weighted by Crippen LogP contribution is 2.29. The lowest BCUT2D eigenvalue weighted by molar-refractivity contribution is 0.240. The van der Waals surface area contributed by atoms with Crippen LogP contribution in [0.15, 0.2) is 55.4 Å². The van der Waals surface area contributed by atoms with E-state index in [0.29, 0.717) is 0 Å². The van der Waals surface area contributed by atoms with Crippen LogP contribution in [0.5, 0.6) is 0 Å². The number of aromatic nitrogens is 2. The van der Waals surface area contributed by atoms with E-state index in [1.807, 2.05) is 18.5 Å². The molecule has 0 radical (unpaired) electrons. The van der Waals surface area contributed by atoms with Gasteiger partial charge in [0.1, 0.15) is 0 Å². The molecule has 0 amide bonds. The minimum atomic E-state index is 0.931. The Bertz CT molecular complexity index is 1050. The summed E-state index contributed by atoms with van der Waals surface area (Å²) >= 11 is 0. The minimum absolute atomic E-state index is 0.931. The van der Waals surface area contributed by atoms with Gasteiger partial charge in [0.25, 0.3) is 0 Å². The first kappa shape index (κ1) is 23.2. The SMILES string of the molecule is C=C(c1ccc(-c2cc(NCCCN3CCNCC3)c3cnccc3n2)cc1)N(CC)CC. The summed E-state index contributed by atoms with van der Waals surface area (Å²) in [6, 6.07) is 12.7. The van der Waals surface area contributed by atoms with Gasteiger partial charge in [0.2, 0.25) is 0 Å². The first-order valence-corrected chi connectivity index (χ1v) is 12.2. The molecule has 6 nitrogen and oxygen atoms in total. The molecule has 1 saturated heterocycles. The fourth-order valence-electron chi connectivity index (χ4n) is 4.44. The first-order chi connectivity index (χ1) is 16.2. The van der Waals surface area contributed by atoms with Crippen molar-refractivity contribution in [1.29, 1.82) is 0 Å². The smallest absolute Gasteiger partial charge is 0.0761 e. The predicted molar refractivity (Wildman–Crippen MR) is 139 cm³/mol. The van der Waals surface area contributed by atoms with Crippen molar-refractivity contribution in [3.63, 3.8) is 0 Å². The summed E-state index contributed by atoms with van der Waals surface area (Å²) < 4.78 is 0. The molecule has 0 unspecified atom stereocenters. The molecule has 1 fully saturated rings. The van der Waals surface area contributed by atoms with Gasteiger partial charge in [0.05, 0.1) is 11.2 Å². The number of hydrogen-bond acceptors (Lipinski definition) is 6. The molecule has 33 heavy (non-hydrogen) atoms. The van der Waals surface area contributed by atoms with Gasteiger partial charge in [-0.2, -0.15) is 0 Å². The number of anilines is 1. The second-order valence-electron chi connectivity index (χ2n) is 8.52. The second-order valence-corrected chi connectivity index (χ2v) is 8.52. The van der Waals surface area contributed by atoms with E-state index in [1.54, 1.807) is 0 Å². The van der Waals surface area contributed by atoms with E-state index in [-0.39, 0.29) is 0 Å². The Labute approximate surface area is 197 Å². The first-order valence-electron chi connectivity index (χ1n) is 12.2. The summed E-state index contributed by atoms with van der Waals surface area (Å²) in [5.41, 5.74) is 6.35. The maximum Gasteiger partial charge on any atom is 0.0761 e. The Hall–Kier alpha value is -2.96. The van der Waals surface area contributed by atoms with Crippen molar-refractivity contribution < 1.29 is 0 Å². The van der Waals surface area contributed by atoms with Gasteiger partial charge in [-0.15, -0.1) is 0 Å². The van der Waals surface area contributed by atoms with E-state index in [4.69, 9.17) is 4.98 Å². The Morgan fingerprint density at radius 1 is 1.12 bits per heavy atom. The molecule has 4 rings (SSSR count). The number of nitrogens with zero attached hydrogens (tertiary/aromatic N) is 4. The zero-order valence-electron chi connectivity index (χ0n) is 20.0. The third-order valence-corrected chi connectivity index (χ3v) is 6.45. The number of benzene rings is 1. The molecule has 1 aliphatic rings. The summed E-state index contributed by atoms with van der Waals surface area (Å²) in [4.78, 5) is 14.1. The molecule has 0 bridgehead atoms. The number of fused-ring (bicyclic) bond motifs is 1. The molecule has 6 heteroatoms. The van der Waals surface area contributed by atoms with Crippen LogP contribution in [0.1, 0.15) is 25.8 Å². The molecule has 2 aromatic heterocycles. The average Bonchev–Trinajstić information content (AvgIpc) is 2.87. The van der Waals surface area contributed by atoms with Gasteiger partial charge in [-0.1, -0.05) is 30.8 Å². The molecule has 3 aromatic rings. The van der Waals surface area contributed by atoms with Crippen LogP contribution in [-0.4, -0.2) is 72.1 Å². The normalized spacial score (nSPS) is 14.4. The summed E-state index contributed by atoms with van der Waals surface area (Å²) in [5.74, 6) is 0. The molecule has 0 spiro atoms. The summed E-state index contributed by atoms with van der Waals surface area (Å²) in [7, 11) is 0. The molecule has 0 atom stereocenters. The van der Waals surface area contributed by atoms with Crippen molar-refractivity contribution in [3.05, 3.63) is 60.9 Å². The molecule has 0 saturated carbocycles. The van der Waals surface area contributed by atoms with E-state index in [1.165, 1.54) is 0 Å². The molecule has 174 valence electrons. The zero-order valence-corrected chi connectivity index (χ0v) is 20.0. The van der Waals surface area contributed by atoms with Crippen molar-refractivity contribution in [1.82, 2.24) is 25.1 Å². The lowest BCUT2D eigenvalue weighted by Crippen LogP contribution is -2.44. The van der Waals surface area contributed by atoms with Crippen LogP contribution in [0, 0.1) is 0 Å². The molecule has 1 aliphatic heterocycles. The third kappa shape index (κ3) is 5.70. The van der Waals surface area contributed by atoms with Gasteiger partial charge in [-0.3, -0.25) is 4.98 Å². The Morgan fingerprint density at radius 2 is 1.88 bits per heavy atom. The van der Waals surface area contributed by atoms with Crippen molar-refractivity contribution in [2.75, 3.05) is 57.7 Å². The second kappa shape index (κ2) is 11.3. The standard InChI is InChI=1S/C27H36N6/c1-4-33(5-2)21(3)22-7-9-23(10-8-22)26-19-27(24-20-29-13-11-25(24)31-26)30-12-6-16-32-17-14-28-15-18-32/h7-11,13,19-20,28H,3-6,12,14-18H2,1-2H3,(H,30,31). The zero-order chi connectivity index (χ0) is 23.0. The van der Waals surface area contributed by atoms with Gasteiger partial charge in [0.15, 0.2) is 0 Å². The van der Waals surface area contributed by atoms with Crippen molar-refractivity contribution in [2.45, 2.75) is 20.3 Å². The minimum Gasteiger partial charge on any atom is -0.384 e. The van der Waals surface area contributed by atoms with Gasteiger partial charge in [-0.05, 0) is 44.5 Å². The maximum atomic E-state index is 4.92. The van der Waals surface area contributed by atoms with Crippen LogP contribution < -0.4 is 10.6 Å². The number of nitrogens with one attached hydrogen (secondary N) is 2. The Balaban J connectivity index is 1.50. The highest BCUT2D eigenvalue weighted by molar-refractivity contribution is 5.93. The Kier molecular flexibility index (Phi) is 7.92. The third-order valence-electron chi connectivity index (χ3n) is 6.45. The van der Waals surface area contributed by atoms with Crippen LogP contribution in [0.25, 0.3) is 27.9 Å². The van der Waals surface area contributed by atoms with E-state index < -0.39 is 0 Å². The summed E-state index contributed by atoms with van der Waals surface area (Å²) in [5, 5.41) is 8.13. The van der Waals surface area contributed by atoms with E-state index in [9.17, 15) is 0 Å². The van der Waals surface area contributed by atoms with Crippen LogP contribution >= 0.6 is 0 Å². The van der Waals surface area contributed by atoms with Crippen LogP contribution in [-0.2, 0) is 0 Å². The van der Waals surface area contributed by atoms with E-state index >= 15 is 0 Å². The van der Waals surface area contributed by atoms with Crippen LogP contribution in [0.3, 0.4) is 0 Å². The lowest BCUT2D eigenvalue weighted by Gasteiger charge is -2.27. The number of piperazine rings is 1. The predicted octanol–water partition coefficient (Wildman–Crippen LogP) is 4.32. The molecule has 1 aromatic carbocycles. The fraction of sp³-hybridized carbons (Fsp3) is 0.407. The molecular weight excluding hydrogens is 408 g/mol. The average molecular weight is 445 g/mol. The fourth-order valence-corrected chi connectivity index (χ4v) is 4.44. The van der Waals surface area contributed by atoms with Gasteiger partial charge in [0, 0.05) is 80.5 Å². The summed E-state index contributed by atoms with van der Waals surface area (Å²) in [6.07, 6.45) is 4.83. The van der Waals surface area contributed by atoms with Crippen molar-refractivity contribution in [3.8, 4) is 11.3 Å². The Morgan fingerprint density at radius 3 is 2.61 bits per heavy atom. The topological polar surface area (TPSA) is 56.3 Å². The highest BCUT2D eigenvalue weighted by Gasteiger charge is 2.11. The quantitative estimate of drug-likeness (QED) is 0.454. The van der Waals surface area contributed by atoms with Crippen LogP contribution in [0.4, 0.5) is 5.69 Å². The van der Waals surface area contributed by atoms with E-state index in [0.717, 1.165) is 97.9 Å².